The first-order valence-electron chi connectivity index (χ1n) is 5.78. The number of halogens is 3. The van der Waals surface area contributed by atoms with Gasteiger partial charge in [-0.2, -0.15) is 13.2 Å². The molecule has 0 saturated heterocycles. The van der Waals surface area contributed by atoms with Crippen LogP contribution in [0.1, 0.15) is 11.3 Å². The molecule has 1 aromatic heterocycles. The number of nitrogens with zero attached hydrogens (tertiary/aromatic N) is 1. The van der Waals surface area contributed by atoms with Crippen LogP contribution in [0.2, 0.25) is 0 Å². The predicted molar refractivity (Wildman–Crippen MR) is 67.1 cm³/mol. The molecule has 2 aromatic rings. The Morgan fingerprint density at radius 3 is 2.55 bits per heavy atom. The van der Waals surface area contributed by atoms with E-state index in [1.54, 1.807) is 12.1 Å². The van der Waals surface area contributed by atoms with E-state index in [0.717, 1.165) is 12.1 Å². The fraction of sp³-hybridized carbons (Fsp3) is 0.214. The first-order valence-corrected chi connectivity index (χ1v) is 5.78. The maximum Gasteiger partial charge on any atom is 0.416 e. The van der Waals surface area contributed by atoms with E-state index in [1.165, 1.54) is 19.2 Å². The Hall–Kier alpha value is -2.08. The minimum absolute atomic E-state index is 0.269. The molecule has 0 aliphatic carbocycles. The van der Waals surface area contributed by atoms with Gasteiger partial charge in [-0.15, -0.1) is 0 Å². The van der Waals surface area contributed by atoms with Crippen molar-refractivity contribution in [3.8, 4) is 17.0 Å². The average Bonchev–Trinajstić information content (AvgIpc) is 2.45. The van der Waals surface area contributed by atoms with E-state index < -0.39 is 11.7 Å². The number of ether oxygens (including phenoxy) is 1. The number of rotatable bonds is 3. The van der Waals surface area contributed by atoms with Gasteiger partial charge in [-0.05, 0) is 24.3 Å². The summed E-state index contributed by atoms with van der Waals surface area (Å²) in [5.74, 6) is 0.349. The van der Waals surface area contributed by atoms with Crippen LogP contribution in [0.3, 0.4) is 0 Å². The average molecular weight is 283 g/mol. The Balaban J connectivity index is 2.55. The Bertz CT molecular complexity index is 612. The van der Waals surface area contributed by atoms with Crippen LogP contribution < -0.4 is 4.74 Å². The van der Waals surface area contributed by atoms with E-state index in [-0.39, 0.29) is 17.9 Å². The van der Waals surface area contributed by atoms with Crippen molar-refractivity contribution in [2.75, 3.05) is 7.11 Å². The predicted octanol–water partition coefficient (Wildman–Crippen LogP) is 3.27. The number of aromatic nitrogens is 1. The van der Waals surface area contributed by atoms with E-state index in [1.807, 2.05) is 0 Å². The van der Waals surface area contributed by atoms with Gasteiger partial charge in [0.1, 0.15) is 11.4 Å². The van der Waals surface area contributed by atoms with Crippen molar-refractivity contribution in [2.24, 2.45) is 0 Å². The van der Waals surface area contributed by atoms with Gasteiger partial charge in [0.2, 0.25) is 0 Å². The molecule has 0 saturated carbocycles. The second-order valence-corrected chi connectivity index (χ2v) is 4.09. The maximum atomic E-state index is 12.7. The lowest BCUT2D eigenvalue weighted by atomic mass is 10.1. The standard InChI is InChI=1S/C14H12F3NO2/c1-20-12-6-5-11(8-19)18-13(12)9-3-2-4-10(7-9)14(15,16)17/h2-7,19H,8H2,1H3. The highest BCUT2D eigenvalue weighted by Gasteiger charge is 2.30. The van der Waals surface area contributed by atoms with Crippen LogP contribution in [0.5, 0.6) is 5.75 Å². The summed E-state index contributed by atoms with van der Waals surface area (Å²) in [5, 5.41) is 9.07. The van der Waals surface area contributed by atoms with E-state index in [2.05, 4.69) is 4.98 Å². The van der Waals surface area contributed by atoms with E-state index in [9.17, 15) is 13.2 Å². The third-order valence-electron chi connectivity index (χ3n) is 2.76. The van der Waals surface area contributed by atoms with Crippen LogP contribution in [0.4, 0.5) is 13.2 Å². The number of aliphatic hydroxyl groups excluding tert-OH is 1. The third kappa shape index (κ3) is 2.91. The van der Waals surface area contributed by atoms with Gasteiger partial charge in [0.25, 0.3) is 0 Å². The highest BCUT2D eigenvalue weighted by atomic mass is 19.4. The molecule has 0 radical (unpaired) electrons. The summed E-state index contributed by atoms with van der Waals surface area (Å²) in [6, 6.07) is 7.94. The van der Waals surface area contributed by atoms with Crippen molar-refractivity contribution in [1.82, 2.24) is 4.98 Å². The smallest absolute Gasteiger partial charge is 0.416 e. The van der Waals surface area contributed by atoms with Crippen LogP contribution in [0.25, 0.3) is 11.3 Å². The molecule has 3 nitrogen and oxygen atoms in total. The summed E-state index contributed by atoms with van der Waals surface area (Å²) in [4.78, 5) is 4.11. The lowest BCUT2D eigenvalue weighted by molar-refractivity contribution is -0.137. The minimum Gasteiger partial charge on any atom is -0.494 e. The number of alkyl halides is 3. The summed E-state index contributed by atoms with van der Waals surface area (Å²) in [6.45, 7) is -0.296. The third-order valence-corrected chi connectivity index (χ3v) is 2.76. The van der Waals surface area contributed by atoms with Crippen molar-refractivity contribution in [3.05, 3.63) is 47.7 Å². The zero-order valence-corrected chi connectivity index (χ0v) is 10.6. The van der Waals surface area contributed by atoms with Crippen molar-refractivity contribution in [3.63, 3.8) is 0 Å². The van der Waals surface area contributed by atoms with E-state index in [0.29, 0.717) is 11.4 Å². The van der Waals surface area contributed by atoms with Gasteiger partial charge in [-0.25, -0.2) is 4.98 Å². The molecule has 1 aromatic carbocycles. The second kappa shape index (κ2) is 5.50. The summed E-state index contributed by atoms with van der Waals surface area (Å²) in [5.41, 5.74) is 0.156. The minimum atomic E-state index is -4.42. The van der Waals surface area contributed by atoms with Crippen molar-refractivity contribution >= 4 is 0 Å². The van der Waals surface area contributed by atoms with E-state index in [4.69, 9.17) is 9.84 Å². The van der Waals surface area contributed by atoms with Crippen molar-refractivity contribution in [2.45, 2.75) is 12.8 Å². The molecule has 0 aliphatic heterocycles. The SMILES string of the molecule is COc1ccc(CO)nc1-c1cccc(C(F)(F)F)c1. The normalized spacial score (nSPS) is 11.4. The van der Waals surface area contributed by atoms with Gasteiger partial charge in [0.15, 0.2) is 0 Å². The molecule has 0 aliphatic rings. The van der Waals surface area contributed by atoms with Crippen molar-refractivity contribution in [1.29, 1.82) is 0 Å². The Morgan fingerprint density at radius 1 is 1.20 bits per heavy atom. The van der Waals surface area contributed by atoms with Gasteiger partial charge in [0, 0.05) is 5.56 Å². The summed E-state index contributed by atoms with van der Waals surface area (Å²) in [6.07, 6.45) is -4.42. The number of methoxy groups -OCH3 is 1. The van der Waals surface area contributed by atoms with Crippen LogP contribution in [0, 0.1) is 0 Å². The summed E-state index contributed by atoms with van der Waals surface area (Å²) < 4.78 is 43.3. The fourth-order valence-electron chi connectivity index (χ4n) is 1.79. The van der Waals surface area contributed by atoms with Crippen LogP contribution >= 0.6 is 0 Å². The quantitative estimate of drug-likeness (QED) is 0.940. The lowest BCUT2D eigenvalue weighted by Crippen LogP contribution is -2.05. The number of aliphatic hydroxyl groups is 1. The summed E-state index contributed by atoms with van der Waals surface area (Å²) >= 11 is 0. The highest BCUT2D eigenvalue weighted by molar-refractivity contribution is 5.67. The molecular weight excluding hydrogens is 271 g/mol. The Labute approximate surface area is 113 Å². The second-order valence-electron chi connectivity index (χ2n) is 4.09. The lowest BCUT2D eigenvalue weighted by Gasteiger charge is -2.11. The molecule has 0 spiro atoms. The highest BCUT2D eigenvalue weighted by Crippen LogP contribution is 2.34. The zero-order chi connectivity index (χ0) is 14.8. The molecule has 106 valence electrons. The molecule has 2 rings (SSSR count). The number of hydrogen-bond donors (Lipinski definition) is 1. The van der Waals surface area contributed by atoms with E-state index >= 15 is 0 Å². The zero-order valence-electron chi connectivity index (χ0n) is 10.6. The molecule has 0 amide bonds. The van der Waals surface area contributed by atoms with Crippen molar-refractivity contribution < 1.29 is 23.0 Å². The van der Waals surface area contributed by atoms with Crippen LogP contribution in [-0.2, 0) is 12.8 Å². The first-order chi connectivity index (χ1) is 9.45. The van der Waals surface area contributed by atoms with Gasteiger partial charge in [-0.1, -0.05) is 12.1 Å². The van der Waals surface area contributed by atoms with Gasteiger partial charge < -0.3 is 9.84 Å². The van der Waals surface area contributed by atoms with Gasteiger partial charge >= 0.3 is 6.18 Å². The molecule has 0 bridgehead atoms. The van der Waals surface area contributed by atoms with Gasteiger partial charge in [-0.3, -0.25) is 0 Å². The molecular formula is C14H12F3NO2. The molecule has 6 heteroatoms. The maximum absolute atomic E-state index is 12.7. The Morgan fingerprint density at radius 2 is 1.95 bits per heavy atom. The van der Waals surface area contributed by atoms with Gasteiger partial charge in [0.05, 0.1) is 25.0 Å². The monoisotopic (exact) mass is 283 g/mol. The molecule has 0 fully saturated rings. The number of benzene rings is 1. The molecule has 1 N–H and O–H groups in total. The number of pyridine rings is 1. The molecule has 1 heterocycles. The first kappa shape index (κ1) is 14.3. The van der Waals surface area contributed by atoms with Crippen LogP contribution in [-0.4, -0.2) is 17.2 Å². The fourth-order valence-corrected chi connectivity index (χ4v) is 1.79. The number of hydrogen-bond acceptors (Lipinski definition) is 3. The topological polar surface area (TPSA) is 42.4 Å². The van der Waals surface area contributed by atoms with Crippen LogP contribution in [0.15, 0.2) is 36.4 Å². The summed E-state index contributed by atoms with van der Waals surface area (Å²) in [7, 11) is 1.41. The molecule has 0 unspecified atom stereocenters. The molecule has 0 atom stereocenters. The largest absolute Gasteiger partial charge is 0.494 e. The Kier molecular flexibility index (Phi) is 3.94. The molecule has 20 heavy (non-hydrogen) atoms.